The van der Waals surface area contributed by atoms with Crippen molar-refractivity contribution < 1.29 is 9.53 Å². The van der Waals surface area contributed by atoms with E-state index in [2.05, 4.69) is 4.98 Å². The molecule has 0 aliphatic heterocycles. The lowest BCUT2D eigenvalue weighted by molar-refractivity contribution is 0.0518. The van der Waals surface area contributed by atoms with Crippen LogP contribution in [0.3, 0.4) is 0 Å². The van der Waals surface area contributed by atoms with Gasteiger partial charge >= 0.3 is 5.97 Å². The first-order chi connectivity index (χ1) is 8.22. The maximum atomic E-state index is 11.8. The third-order valence-corrected chi connectivity index (χ3v) is 4.16. The minimum Gasteiger partial charge on any atom is -0.461 e. The average molecular weight is 254 g/mol. The highest BCUT2D eigenvalue weighted by molar-refractivity contribution is 7.15. The van der Waals surface area contributed by atoms with Gasteiger partial charge in [0.2, 0.25) is 0 Å². The van der Waals surface area contributed by atoms with Gasteiger partial charge in [0.05, 0.1) is 6.61 Å². The Balaban J connectivity index is 2.22. The van der Waals surface area contributed by atoms with Gasteiger partial charge in [0, 0.05) is 4.88 Å². The van der Waals surface area contributed by atoms with Crippen LogP contribution in [0.2, 0.25) is 0 Å². The van der Waals surface area contributed by atoms with Crippen molar-refractivity contribution in [1.29, 1.82) is 0 Å². The predicted molar refractivity (Wildman–Crippen MR) is 68.3 cm³/mol. The first-order valence-corrected chi connectivity index (χ1v) is 6.97. The van der Waals surface area contributed by atoms with E-state index in [4.69, 9.17) is 10.5 Å². The van der Waals surface area contributed by atoms with Crippen molar-refractivity contribution in [1.82, 2.24) is 4.98 Å². The molecule has 0 saturated heterocycles. The van der Waals surface area contributed by atoms with Gasteiger partial charge in [-0.05, 0) is 25.7 Å². The molecule has 0 atom stereocenters. The lowest BCUT2D eigenvalue weighted by Gasteiger charge is -2.20. The van der Waals surface area contributed by atoms with E-state index in [-0.39, 0.29) is 5.97 Å². The molecule has 1 aromatic rings. The number of nitrogen functional groups attached to an aromatic ring is 1. The number of hydrogen-bond donors (Lipinski definition) is 1. The van der Waals surface area contributed by atoms with Crippen molar-refractivity contribution in [2.45, 2.75) is 44.9 Å². The number of nitrogens with zero attached hydrogens (tertiary/aromatic N) is 1. The summed E-state index contributed by atoms with van der Waals surface area (Å²) in [6.45, 7) is 2.17. The number of anilines is 1. The van der Waals surface area contributed by atoms with Crippen LogP contribution in [0.5, 0.6) is 0 Å². The topological polar surface area (TPSA) is 65.2 Å². The summed E-state index contributed by atoms with van der Waals surface area (Å²) in [5.74, 6) is 0.110. The van der Waals surface area contributed by atoms with Crippen molar-refractivity contribution in [3.63, 3.8) is 0 Å². The van der Waals surface area contributed by atoms with Crippen LogP contribution in [0.25, 0.3) is 0 Å². The van der Waals surface area contributed by atoms with Crippen LogP contribution in [0, 0.1) is 0 Å². The quantitative estimate of drug-likeness (QED) is 0.842. The fourth-order valence-corrected chi connectivity index (χ4v) is 3.33. The number of carbonyl (C=O) groups is 1. The number of aromatic nitrogens is 1. The zero-order chi connectivity index (χ0) is 12.3. The Morgan fingerprint density at radius 1 is 1.47 bits per heavy atom. The zero-order valence-corrected chi connectivity index (χ0v) is 10.9. The molecule has 17 heavy (non-hydrogen) atoms. The van der Waals surface area contributed by atoms with Crippen molar-refractivity contribution in [3.05, 3.63) is 10.6 Å². The molecule has 0 aromatic carbocycles. The molecule has 2 rings (SSSR count). The van der Waals surface area contributed by atoms with Gasteiger partial charge in [0.25, 0.3) is 0 Å². The third-order valence-electron chi connectivity index (χ3n) is 3.11. The van der Waals surface area contributed by atoms with E-state index in [9.17, 15) is 4.79 Å². The standard InChI is InChI=1S/C12H18N2O2S/c1-2-16-11(15)9-10(17-12(13)14-9)8-6-4-3-5-7-8/h8H,2-7H2,1H3,(H2,13,14). The summed E-state index contributed by atoms with van der Waals surface area (Å²) in [5, 5.41) is 0.466. The predicted octanol–water partition coefficient (Wildman–Crippen LogP) is 2.95. The van der Waals surface area contributed by atoms with Crippen molar-refractivity contribution >= 4 is 22.4 Å². The van der Waals surface area contributed by atoms with Crippen LogP contribution in [0.15, 0.2) is 0 Å². The monoisotopic (exact) mass is 254 g/mol. The number of thiazole rings is 1. The van der Waals surface area contributed by atoms with E-state index in [0.717, 1.165) is 17.7 Å². The van der Waals surface area contributed by atoms with Gasteiger partial charge in [-0.15, -0.1) is 11.3 Å². The number of nitrogens with two attached hydrogens (primary N) is 1. The molecular formula is C12H18N2O2S. The molecule has 2 N–H and O–H groups in total. The second-order valence-corrected chi connectivity index (χ2v) is 5.38. The van der Waals surface area contributed by atoms with Gasteiger partial charge in [-0.1, -0.05) is 19.3 Å². The molecular weight excluding hydrogens is 236 g/mol. The Kier molecular flexibility index (Phi) is 3.99. The van der Waals surface area contributed by atoms with Crippen LogP contribution < -0.4 is 5.73 Å². The molecule has 0 bridgehead atoms. The summed E-state index contributed by atoms with van der Waals surface area (Å²) < 4.78 is 5.02. The van der Waals surface area contributed by atoms with Crippen LogP contribution in [0.1, 0.15) is 60.3 Å². The molecule has 94 valence electrons. The van der Waals surface area contributed by atoms with Crippen LogP contribution in [0.4, 0.5) is 5.13 Å². The van der Waals surface area contributed by atoms with E-state index in [1.807, 2.05) is 0 Å². The van der Waals surface area contributed by atoms with Crippen molar-refractivity contribution in [2.24, 2.45) is 0 Å². The molecule has 1 aliphatic rings. The highest BCUT2D eigenvalue weighted by Gasteiger charge is 2.26. The number of rotatable bonds is 3. The molecule has 0 unspecified atom stereocenters. The minimum atomic E-state index is -0.332. The summed E-state index contributed by atoms with van der Waals surface area (Å²) >= 11 is 1.44. The first-order valence-electron chi connectivity index (χ1n) is 6.15. The van der Waals surface area contributed by atoms with Crippen LogP contribution >= 0.6 is 11.3 Å². The molecule has 1 fully saturated rings. The lowest BCUT2D eigenvalue weighted by atomic mass is 9.87. The summed E-state index contributed by atoms with van der Waals surface area (Å²) in [6.07, 6.45) is 6.01. The molecule has 0 amide bonds. The highest BCUT2D eigenvalue weighted by Crippen LogP contribution is 2.38. The molecule has 1 heterocycles. The second-order valence-electron chi connectivity index (χ2n) is 4.32. The number of hydrogen-bond acceptors (Lipinski definition) is 5. The van der Waals surface area contributed by atoms with Gasteiger partial charge in [-0.2, -0.15) is 0 Å². The van der Waals surface area contributed by atoms with E-state index in [1.165, 1.54) is 30.6 Å². The summed E-state index contributed by atoms with van der Waals surface area (Å²) in [6, 6.07) is 0. The molecule has 5 heteroatoms. The third kappa shape index (κ3) is 2.77. The first kappa shape index (κ1) is 12.4. The van der Waals surface area contributed by atoms with E-state index in [0.29, 0.717) is 23.4 Å². The van der Waals surface area contributed by atoms with E-state index < -0.39 is 0 Å². The maximum absolute atomic E-state index is 11.8. The lowest BCUT2D eigenvalue weighted by Crippen LogP contribution is -2.11. The molecule has 0 radical (unpaired) electrons. The van der Waals surface area contributed by atoms with Gasteiger partial charge < -0.3 is 10.5 Å². The Morgan fingerprint density at radius 3 is 2.82 bits per heavy atom. The zero-order valence-electron chi connectivity index (χ0n) is 10.1. The fraction of sp³-hybridized carbons (Fsp3) is 0.667. The SMILES string of the molecule is CCOC(=O)c1nc(N)sc1C1CCCCC1. The van der Waals surface area contributed by atoms with Gasteiger partial charge in [0.1, 0.15) is 0 Å². The van der Waals surface area contributed by atoms with Crippen LogP contribution in [-0.4, -0.2) is 17.6 Å². The Labute approximate surface area is 105 Å². The molecule has 1 aliphatic carbocycles. The van der Waals surface area contributed by atoms with Gasteiger partial charge in [0.15, 0.2) is 10.8 Å². The Bertz CT molecular complexity index is 397. The number of ether oxygens (including phenoxy) is 1. The van der Waals surface area contributed by atoms with E-state index >= 15 is 0 Å². The average Bonchev–Trinajstić information content (AvgIpc) is 2.73. The number of carbonyl (C=O) groups excluding carboxylic acids is 1. The normalized spacial score (nSPS) is 17.0. The smallest absolute Gasteiger partial charge is 0.358 e. The molecule has 4 nitrogen and oxygen atoms in total. The fourth-order valence-electron chi connectivity index (χ4n) is 2.34. The summed E-state index contributed by atoms with van der Waals surface area (Å²) in [5.41, 5.74) is 6.17. The maximum Gasteiger partial charge on any atom is 0.358 e. The van der Waals surface area contributed by atoms with Gasteiger partial charge in [-0.25, -0.2) is 9.78 Å². The molecule has 1 aromatic heterocycles. The Morgan fingerprint density at radius 2 is 2.18 bits per heavy atom. The largest absolute Gasteiger partial charge is 0.461 e. The van der Waals surface area contributed by atoms with Gasteiger partial charge in [-0.3, -0.25) is 0 Å². The van der Waals surface area contributed by atoms with Crippen LogP contribution in [-0.2, 0) is 4.74 Å². The minimum absolute atomic E-state index is 0.332. The summed E-state index contributed by atoms with van der Waals surface area (Å²) in [7, 11) is 0. The van der Waals surface area contributed by atoms with Crippen molar-refractivity contribution in [2.75, 3.05) is 12.3 Å². The second kappa shape index (κ2) is 5.49. The Hall–Kier alpha value is -1.10. The van der Waals surface area contributed by atoms with E-state index in [1.54, 1.807) is 6.92 Å². The summed E-state index contributed by atoms with van der Waals surface area (Å²) in [4.78, 5) is 16.9. The number of esters is 1. The van der Waals surface area contributed by atoms with Crippen molar-refractivity contribution in [3.8, 4) is 0 Å². The molecule has 1 saturated carbocycles. The molecule has 0 spiro atoms. The highest BCUT2D eigenvalue weighted by atomic mass is 32.1.